The van der Waals surface area contributed by atoms with Gasteiger partial charge in [0.25, 0.3) is 0 Å². The van der Waals surface area contributed by atoms with E-state index in [0.29, 0.717) is 31.2 Å². The third-order valence-corrected chi connectivity index (χ3v) is 4.59. The fourth-order valence-electron chi connectivity index (χ4n) is 3.00. The molecular weight excluding hydrogens is 459 g/mol. The van der Waals surface area contributed by atoms with Crippen molar-refractivity contribution >= 4 is 35.8 Å². The molecular formula is C18H33IN6O2. The molecule has 1 aliphatic heterocycles. The van der Waals surface area contributed by atoms with Crippen LogP contribution in [-0.4, -0.2) is 60.1 Å². The number of hydrogen-bond acceptors (Lipinski definition) is 5. The van der Waals surface area contributed by atoms with Crippen LogP contribution in [0.1, 0.15) is 57.7 Å². The van der Waals surface area contributed by atoms with Gasteiger partial charge in [-0.3, -0.25) is 9.79 Å². The zero-order chi connectivity index (χ0) is 18.9. The van der Waals surface area contributed by atoms with E-state index in [2.05, 4.69) is 32.6 Å². The molecule has 2 rings (SSSR count). The van der Waals surface area contributed by atoms with Crippen molar-refractivity contribution in [1.82, 2.24) is 25.7 Å². The predicted octanol–water partition coefficient (Wildman–Crippen LogP) is 2.17. The predicted molar refractivity (Wildman–Crippen MR) is 116 cm³/mol. The number of aromatic nitrogens is 2. The van der Waals surface area contributed by atoms with Crippen molar-refractivity contribution < 1.29 is 9.32 Å². The van der Waals surface area contributed by atoms with Crippen molar-refractivity contribution in [3.63, 3.8) is 0 Å². The second-order valence-corrected chi connectivity index (χ2v) is 6.99. The maximum atomic E-state index is 11.5. The summed E-state index contributed by atoms with van der Waals surface area (Å²) in [6, 6.07) is 0. The molecule has 8 nitrogen and oxygen atoms in total. The molecule has 0 unspecified atom stereocenters. The van der Waals surface area contributed by atoms with Gasteiger partial charge in [0.1, 0.15) is 0 Å². The summed E-state index contributed by atoms with van der Waals surface area (Å²) < 4.78 is 5.27. The van der Waals surface area contributed by atoms with Gasteiger partial charge in [0.05, 0.1) is 6.54 Å². The molecule has 1 saturated heterocycles. The minimum Gasteiger partial charge on any atom is -0.359 e. The fraction of sp³-hybridized carbons (Fsp3) is 0.778. The monoisotopic (exact) mass is 492 g/mol. The summed E-state index contributed by atoms with van der Waals surface area (Å²) in [5, 5.41) is 10.1. The molecule has 2 heterocycles. The van der Waals surface area contributed by atoms with Crippen LogP contribution in [0, 0.1) is 5.92 Å². The zero-order valence-corrected chi connectivity index (χ0v) is 19.2. The first kappa shape index (κ1) is 23.6. The molecule has 0 spiro atoms. The van der Waals surface area contributed by atoms with Crippen molar-refractivity contribution in [3.8, 4) is 0 Å². The number of likely N-dealkylation sites (tertiary alicyclic amines) is 1. The highest BCUT2D eigenvalue weighted by Gasteiger charge is 2.23. The summed E-state index contributed by atoms with van der Waals surface area (Å²) in [6.45, 7) is 9.45. The quantitative estimate of drug-likeness (QED) is 0.344. The van der Waals surface area contributed by atoms with E-state index in [1.54, 1.807) is 7.05 Å². The summed E-state index contributed by atoms with van der Waals surface area (Å²) in [5.74, 6) is 3.16. The molecule has 0 bridgehead atoms. The van der Waals surface area contributed by atoms with Crippen LogP contribution in [0.15, 0.2) is 9.52 Å². The second kappa shape index (κ2) is 12.1. The maximum absolute atomic E-state index is 11.5. The van der Waals surface area contributed by atoms with Crippen molar-refractivity contribution in [2.75, 3.05) is 33.2 Å². The molecule has 1 aliphatic rings. The van der Waals surface area contributed by atoms with E-state index in [9.17, 15) is 4.79 Å². The lowest BCUT2D eigenvalue weighted by atomic mass is 9.93. The summed E-state index contributed by atoms with van der Waals surface area (Å²) in [4.78, 5) is 22.9. The van der Waals surface area contributed by atoms with Crippen molar-refractivity contribution in [1.29, 1.82) is 0 Å². The molecule has 0 saturated carbocycles. The first-order valence-corrected chi connectivity index (χ1v) is 9.59. The Kier molecular flexibility index (Phi) is 10.6. The Bertz CT molecular complexity index is 596. The highest BCUT2D eigenvalue weighted by atomic mass is 127. The van der Waals surface area contributed by atoms with Gasteiger partial charge in [-0.25, -0.2) is 0 Å². The second-order valence-electron chi connectivity index (χ2n) is 6.99. The zero-order valence-electron chi connectivity index (χ0n) is 16.8. The van der Waals surface area contributed by atoms with E-state index in [-0.39, 0.29) is 35.8 Å². The van der Waals surface area contributed by atoms with Gasteiger partial charge >= 0.3 is 0 Å². The topological polar surface area (TPSA) is 95.7 Å². The summed E-state index contributed by atoms with van der Waals surface area (Å²) >= 11 is 0. The van der Waals surface area contributed by atoms with E-state index >= 15 is 0 Å². The summed E-state index contributed by atoms with van der Waals surface area (Å²) in [6.07, 6.45) is 3.29. The molecule has 0 aromatic carbocycles. The Hall–Kier alpha value is -1.39. The standard InChI is InChI=1S/C18H32N6O2.HI/c1-5-20-18(21-9-6-16-22-17(13(2)3)23-26-16)24-10-7-14(8-11-24)12-15(25)19-4;/h13-14H,5-12H2,1-4H3,(H,19,25)(H,20,21);1H. The molecule has 1 fully saturated rings. The number of carbonyl (C=O) groups excluding carboxylic acids is 1. The van der Waals surface area contributed by atoms with E-state index in [1.807, 2.05) is 13.8 Å². The minimum atomic E-state index is 0. The largest absolute Gasteiger partial charge is 0.359 e. The van der Waals surface area contributed by atoms with Crippen molar-refractivity contribution in [2.45, 2.75) is 52.4 Å². The van der Waals surface area contributed by atoms with Gasteiger partial charge in [0, 0.05) is 45.4 Å². The van der Waals surface area contributed by atoms with E-state index in [4.69, 9.17) is 9.52 Å². The van der Waals surface area contributed by atoms with Crippen LogP contribution in [0.5, 0.6) is 0 Å². The van der Waals surface area contributed by atoms with E-state index < -0.39 is 0 Å². The van der Waals surface area contributed by atoms with Crippen LogP contribution in [0.3, 0.4) is 0 Å². The van der Waals surface area contributed by atoms with Crippen LogP contribution >= 0.6 is 24.0 Å². The number of rotatable bonds is 7. The normalized spacial score (nSPS) is 15.6. The SMILES string of the molecule is CCNC(=NCCc1nc(C(C)C)no1)N1CCC(CC(=O)NC)CC1.I. The highest BCUT2D eigenvalue weighted by Crippen LogP contribution is 2.20. The number of nitrogens with zero attached hydrogens (tertiary/aromatic N) is 4. The summed E-state index contributed by atoms with van der Waals surface area (Å²) in [5.41, 5.74) is 0. The number of halogens is 1. The first-order chi connectivity index (χ1) is 12.5. The average molecular weight is 492 g/mol. The number of nitrogens with one attached hydrogen (secondary N) is 2. The number of hydrogen-bond donors (Lipinski definition) is 2. The lowest BCUT2D eigenvalue weighted by Gasteiger charge is -2.34. The van der Waals surface area contributed by atoms with Crippen molar-refractivity contribution in [3.05, 3.63) is 11.7 Å². The molecule has 0 aliphatic carbocycles. The van der Waals surface area contributed by atoms with Crippen molar-refractivity contribution in [2.24, 2.45) is 10.9 Å². The Balaban J connectivity index is 0.00000364. The maximum Gasteiger partial charge on any atom is 0.228 e. The fourth-order valence-corrected chi connectivity index (χ4v) is 3.00. The lowest BCUT2D eigenvalue weighted by Crippen LogP contribution is -2.46. The van der Waals surface area contributed by atoms with Gasteiger partial charge in [-0.1, -0.05) is 19.0 Å². The lowest BCUT2D eigenvalue weighted by molar-refractivity contribution is -0.121. The highest BCUT2D eigenvalue weighted by molar-refractivity contribution is 14.0. The van der Waals surface area contributed by atoms with E-state index in [1.165, 1.54) is 0 Å². The first-order valence-electron chi connectivity index (χ1n) is 9.59. The van der Waals surface area contributed by atoms with Gasteiger partial charge in [-0.05, 0) is 25.7 Å². The molecule has 27 heavy (non-hydrogen) atoms. The molecule has 0 atom stereocenters. The van der Waals surface area contributed by atoms with Crippen LogP contribution in [0.2, 0.25) is 0 Å². The third-order valence-electron chi connectivity index (χ3n) is 4.59. The number of aliphatic imine (C=N–C) groups is 1. The van der Waals surface area contributed by atoms with Crippen LogP contribution in [-0.2, 0) is 11.2 Å². The minimum absolute atomic E-state index is 0. The van der Waals surface area contributed by atoms with Gasteiger partial charge in [-0.2, -0.15) is 4.98 Å². The number of guanidine groups is 1. The molecule has 0 radical (unpaired) electrons. The molecule has 154 valence electrons. The Morgan fingerprint density at radius 1 is 1.37 bits per heavy atom. The third kappa shape index (κ3) is 7.63. The number of amides is 1. The Morgan fingerprint density at radius 3 is 2.63 bits per heavy atom. The number of piperidine rings is 1. The van der Waals surface area contributed by atoms with E-state index in [0.717, 1.165) is 44.3 Å². The smallest absolute Gasteiger partial charge is 0.228 e. The Morgan fingerprint density at radius 2 is 2.07 bits per heavy atom. The average Bonchev–Trinajstić information content (AvgIpc) is 3.11. The van der Waals surface area contributed by atoms with Gasteiger partial charge in [0.15, 0.2) is 11.8 Å². The molecule has 2 N–H and O–H groups in total. The van der Waals surface area contributed by atoms with Crippen LogP contribution in [0.25, 0.3) is 0 Å². The van der Waals surface area contributed by atoms with Crippen LogP contribution < -0.4 is 10.6 Å². The molecule has 9 heteroatoms. The number of carbonyl (C=O) groups is 1. The van der Waals surface area contributed by atoms with Gasteiger partial charge in [-0.15, -0.1) is 24.0 Å². The van der Waals surface area contributed by atoms with Crippen LogP contribution in [0.4, 0.5) is 0 Å². The van der Waals surface area contributed by atoms with Gasteiger partial charge in [0.2, 0.25) is 11.8 Å². The summed E-state index contributed by atoms with van der Waals surface area (Å²) in [7, 11) is 1.70. The molecule has 1 amide bonds. The molecule has 1 aromatic heterocycles. The molecule has 1 aromatic rings. The van der Waals surface area contributed by atoms with Gasteiger partial charge < -0.3 is 20.1 Å². The Labute approximate surface area is 179 Å².